The van der Waals surface area contributed by atoms with Gasteiger partial charge in [0.05, 0.1) is 13.7 Å². The summed E-state index contributed by atoms with van der Waals surface area (Å²) >= 11 is 6.16. The Morgan fingerprint density at radius 2 is 1.81 bits per heavy atom. The molecule has 6 nitrogen and oxygen atoms in total. The normalized spacial score (nSPS) is 10.3. The van der Waals surface area contributed by atoms with Gasteiger partial charge >= 0.3 is 0 Å². The zero-order valence-corrected chi connectivity index (χ0v) is 16.0. The van der Waals surface area contributed by atoms with Gasteiger partial charge in [0, 0.05) is 16.9 Å². The lowest BCUT2D eigenvalue weighted by Crippen LogP contribution is -2.13. The fourth-order valence-corrected chi connectivity index (χ4v) is 2.57. The third-order valence-corrected chi connectivity index (χ3v) is 4.31. The average molecular weight is 385 g/mol. The third kappa shape index (κ3) is 5.24. The second-order valence-electron chi connectivity index (χ2n) is 5.75. The summed E-state index contributed by atoms with van der Waals surface area (Å²) in [5.41, 5.74) is 1.88. The topological polar surface area (TPSA) is 68.3 Å². The zero-order chi connectivity index (χ0) is 19.1. The van der Waals surface area contributed by atoms with Crippen LogP contribution >= 0.6 is 11.6 Å². The van der Waals surface area contributed by atoms with Crippen LogP contribution in [-0.4, -0.2) is 30.2 Å². The quantitative estimate of drug-likeness (QED) is 0.549. The van der Waals surface area contributed by atoms with E-state index in [0.717, 1.165) is 22.7 Å². The number of nitrogens with one attached hydrogen (secondary N) is 2. The number of anilines is 3. The number of ether oxygens (including phenoxy) is 2. The zero-order valence-electron chi connectivity index (χ0n) is 15.2. The summed E-state index contributed by atoms with van der Waals surface area (Å²) in [5, 5.41) is 7.12. The number of halogens is 1. The van der Waals surface area contributed by atoms with Crippen LogP contribution in [0.4, 0.5) is 17.5 Å². The Morgan fingerprint density at radius 1 is 1.04 bits per heavy atom. The van der Waals surface area contributed by atoms with Crippen LogP contribution in [0.3, 0.4) is 0 Å². The summed E-state index contributed by atoms with van der Waals surface area (Å²) in [4.78, 5) is 8.69. The fourth-order valence-electron chi connectivity index (χ4n) is 2.40. The molecule has 0 unspecified atom stereocenters. The Labute approximate surface area is 163 Å². The van der Waals surface area contributed by atoms with Gasteiger partial charge < -0.3 is 20.1 Å². The van der Waals surface area contributed by atoms with Crippen molar-refractivity contribution in [1.82, 2.24) is 9.97 Å². The maximum atomic E-state index is 6.16. The van der Waals surface area contributed by atoms with E-state index in [1.807, 2.05) is 49.4 Å². The molecule has 0 bridgehead atoms. The lowest BCUT2D eigenvalue weighted by atomic mass is 10.2. The Kier molecular flexibility index (Phi) is 6.33. The monoisotopic (exact) mass is 384 g/mol. The van der Waals surface area contributed by atoms with Crippen molar-refractivity contribution in [3.8, 4) is 11.5 Å². The molecule has 3 rings (SSSR count). The van der Waals surface area contributed by atoms with Gasteiger partial charge in [-0.15, -0.1) is 0 Å². The Hall–Kier alpha value is -2.99. The van der Waals surface area contributed by atoms with Crippen LogP contribution in [0.25, 0.3) is 0 Å². The maximum absolute atomic E-state index is 6.16. The predicted molar refractivity (Wildman–Crippen MR) is 108 cm³/mol. The van der Waals surface area contributed by atoms with Crippen LogP contribution in [0.2, 0.25) is 5.02 Å². The lowest BCUT2D eigenvalue weighted by Gasteiger charge is -2.11. The fraction of sp³-hybridized carbons (Fsp3) is 0.200. The molecular weight excluding hydrogens is 364 g/mol. The highest BCUT2D eigenvalue weighted by Gasteiger charge is 2.04. The average Bonchev–Trinajstić information content (AvgIpc) is 2.70. The summed E-state index contributed by atoms with van der Waals surface area (Å²) in [6.07, 6.45) is 1.70. The molecule has 0 atom stereocenters. The van der Waals surface area contributed by atoms with Gasteiger partial charge in [-0.25, -0.2) is 4.98 Å². The van der Waals surface area contributed by atoms with Gasteiger partial charge in [-0.1, -0.05) is 17.7 Å². The molecule has 3 aromatic rings. The molecule has 0 aliphatic rings. The molecule has 27 heavy (non-hydrogen) atoms. The van der Waals surface area contributed by atoms with E-state index in [0.29, 0.717) is 29.9 Å². The van der Waals surface area contributed by atoms with E-state index < -0.39 is 0 Å². The second-order valence-corrected chi connectivity index (χ2v) is 6.16. The lowest BCUT2D eigenvalue weighted by molar-refractivity contribution is 0.331. The first-order valence-corrected chi connectivity index (χ1v) is 8.89. The van der Waals surface area contributed by atoms with Crippen molar-refractivity contribution in [1.29, 1.82) is 0 Å². The van der Waals surface area contributed by atoms with Crippen LogP contribution in [0.15, 0.2) is 54.7 Å². The van der Waals surface area contributed by atoms with Crippen LogP contribution in [0.1, 0.15) is 5.56 Å². The predicted octanol–water partition coefficient (Wildman–Crippen LogP) is 4.68. The smallest absolute Gasteiger partial charge is 0.224 e. The van der Waals surface area contributed by atoms with Crippen molar-refractivity contribution >= 4 is 29.1 Å². The molecule has 0 amide bonds. The molecule has 0 aliphatic heterocycles. The number of nitrogens with zero attached hydrogens (tertiary/aromatic N) is 2. The maximum Gasteiger partial charge on any atom is 0.224 e. The molecular formula is C20H21ClN4O2. The van der Waals surface area contributed by atoms with Gasteiger partial charge in [0.1, 0.15) is 23.9 Å². The van der Waals surface area contributed by atoms with E-state index in [1.54, 1.807) is 19.4 Å². The summed E-state index contributed by atoms with van der Waals surface area (Å²) in [7, 11) is 1.64. The standard InChI is InChI=1S/C20H21ClN4O2/c1-14-17(21)4-3-5-18(14)24-19-10-11-22-20(25-19)23-12-13-27-16-8-6-15(26-2)7-9-16/h3-11H,12-13H2,1-2H3,(H2,22,23,24,25). The SMILES string of the molecule is COc1ccc(OCCNc2nccc(Nc3cccc(Cl)c3C)n2)cc1. The van der Waals surface area contributed by atoms with Crippen LogP contribution in [0, 0.1) is 6.92 Å². The van der Waals surface area contributed by atoms with Crippen LogP contribution in [0.5, 0.6) is 11.5 Å². The molecule has 0 fully saturated rings. The molecule has 0 spiro atoms. The van der Waals surface area contributed by atoms with Crippen LogP contribution < -0.4 is 20.1 Å². The van der Waals surface area contributed by atoms with Crippen molar-refractivity contribution in [2.45, 2.75) is 6.92 Å². The highest BCUT2D eigenvalue weighted by atomic mass is 35.5. The first-order chi connectivity index (χ1) is 13.2. The van der Waals surface area contributed by atoms with E-state index >= 15 is 0 Å². The molecule has 2 aromatic carbocycles. The van der Waals surface area contributed by atoms with Crippen LogP contribution in [-0.2, 0) is 0 Å². The highest BCUT2D eigenvalue weighted by Crippen LogP contribution is 2.25. The minimum absolute atomic E-state index is 0.487. The van der Waals surface area contributed by atoms with Gasteiger partial charge in [-0.2, -0.15) is 4.98 Å². The van der Waals surface area contributed by atoms with Gasteiger partial charge in [-0.05, 0) is 55.0 Å². The highest BCUT2D eigenvalue weighted by molar-refractivity contribution is 6.31. The first kappa shape index (κ1) is 18.8. The molecule has 0 saturated heterocycles. The molecule has 1 aromatic heterocycles. The van der Waals surface area contributed by atoms with Crippen molar-refractivity contribution in [2.24, 2.45) is 0 Å². The van der Waals surface area contributed by atoms with Gasteiger partial charge in [0.25, 0.3) is 0 Å². The Balaban J connectivity index is 1.52. The Bertz CT molecular complexity index is 887. The summed E-state index contributed by atoms with van der Waals surface area (Å²) in [6.45, 7) is 3.02. The molecule has 2 N–H and O–H groups in total. The van der Waals surface area contributed by atoms with Crippen molar-refractivity contribution in [3.63, 3.8) is 0 Å². The Morgan fingerprint density at radius 3 is 2.59 bits per heavy atom. The molecule has 0 saturated carbocycles. The minimum Gasteiger partial charge on any atom is -0.497 e. The first-order valence-electron chi connectivity index (χ1n) is 8.51. The van der Waals surface area contributed by atoms with E-state index in [9.17, 15) is 0 Å². The number of methoxy groups -OCH3 is 1. The van der Waals surface area contributed by atoms with Gasteiger partial charge in [0.15, 0.2) is 0 Å². The van der Waals surface area contributed by atoms with Crippen molar-refractivity contribution in [3.05, 3.63) is 65.3 Å². The summed E-state index contributed by atoms with van der Waals surface area (Å²) in [6, 6.07) is 15.0. The van der Waals surface area contributed by atoms with E-state index in [-0.39, 0.29) is 0 Å². The summed E-state index contributed by atoms with van der Waals surface area (Å²) in [5.74, 6) is 2.80. The molecule has 1 heterocycles. The van der Waals surface area contributed by atoms with Crippen molar-refractivity contribution in [2.75, 3.05) is 30.9 Å². The van der Waals surface area contributed by atoms with E-state index in [1.165, 1.54) is 0 Å². The summed E-state index contributed by atoms with van der Waals surface area (Å²) < 4.78 is 10.8. The van der Waals surface area contributed by atoms with E-state index in [2.05, 4.69) is 20.6 Å². The molecule has 140 valence electrons. The number of hydrogen-bond acceptors (Lipinski definition) is 6. The number of hydrogen-bond donors (Lipinski definition) is 2. The third-order valence-electron chi connectivity index (χ3n) is 3.90. The largest absolute Gasteiger partial charge is 0.497 e. The van der Waals surface area contributed by atoms with E-state index in [4.69, 9.17) is 21.1 Å². The molecule has 0 aliphatic carbocycles. The molecule has 0 radical (unpaired) electrons. The van der Waals surface area contributed by atoms with Gasteiger partial charge in [0.2, 0.25) is 5.95 Å². The number of benzene rings is 2. The van der Waals surface area contributed by atoms with Crippen molar-refractivity contribution < 1.29 is 9.47 Å². The number of aromatic nitrogens is 2. The second kappa shape index (κ2) is 9.09. The minimum atomic E-state index is 0.487. The molecule has 7 heteroatoms. The number of rotatable bonds is 8. The van der Waals surface area contributed by atoms with Gasteiger partial charge in [-0.3, -0.25) is 0 Å².